The molecular formula is C26H23ClFN3. The molecule has 3 aromatic carbocycles. The Morgan fingerprint density at radius 3 is 2.58 bits per heavy atom. The van der Waals surface area contributed by atoms with Gasteiger partial charge in [-0.05, 0) is 70.5 Å². The van der Waals surface area contributed by atoms with E-state index in [4.69, 9.17) is 22.3 Å². The molecule has 0 amide bonds. The standard InChI is InChI=1S/C26H23ClFN3/c1-31-24(29)30-25-9-8-16-4-2-3-5-18(16)15-26(25,31)23-12-17(6-7-19(23)14-25)20-10-21(27)13-22(28)11-20/h2-7,10-13H,8-9,14-15H2,1H3,(H2,29,30). The van der Waals surface area contributed by atoms with Crippen molar-refractivity contribution in [1.82, 2.24) is 4.90 Å². The Morgan fingerprint density at radius 1 is 0.968 bits per heavy atom. The fourth-order valence-electron chi connectivity index (χ4n) is 6.16. The van der Waals surface area contributed by atoms with Gasteiger partial charge in [0.15, 0.2) is 5.96 Å². The van der Waals surface area contributed by atoms with E-state index in [2.05, 4.69) is 54.4 Å². The molecular weight excluding hydrogens is 409 g/mol. The van der Waals surface area contributed by atoms with Crippen molar-refractivity contribution < 1.29 is 4.39 Å². The molecule has 3 nitrogen and oxygen atoms in total. The smallest absolute Gasteiger partial charge is 0.192 e. The molecule has 3 aliphatic rings. The van der Waals surface area contributed by atoms with E-state index in [9.17, 15) is 4.39 Å². The molecule has 6 rings (SSSR count). The van der Waals surface area contributed by atoms with E-state index in [-0.39, 0.29) is 16.9 Å². The molecule has 2 atom stereocenters. The normalized spacial score (nSPS) is 25.9. The maximum Gasteiger partial charge on any atom is 0.192 e. The fraction of sp³-hybridized carbons (Fsp3) is 0.269. The van der Waals surface area contributed by atoms with Crippen molar-refractivity contribution in [2.75, 3.05) is 7.05 Å². The zero-order chi connectivity index (χ0) is 21.4. The van der Waals surface area contributed by atoms with E-state index in [0.29, 0.717) is 11.0 Å². The molecule has 0 bridgehead atoms. The SMILES string of the molecule is CN1C(N)=NC23CCc4ccccc4CC12c1cc(-c2cc(F)cc(Cl)c2)ccc1C3. The van der Waals surface area contributed by atoms with Crippen LogP contribution in [0.2, 0.25) is 5.02 Å². The van der Waals surface area contributed by atoms with E-state index in [1.807, 2.05) is 6.07 Å². The van der Waals surface area contributed by atoms with Crippen molar-refractivity contribution in [3.8, 4) is 11.1 Å². The number of halogens is 2. The molecule has 156 valence electrons. The number of guanidine groups is 1. The zero-order valence-electron chi connectivity index (χ0n) is 17.3. The minimum absolute atomic E-state index is 0.286. The quantitative estimate of drug-likeness (QED) is 0.583. The van der Waals surface area contributed by atoms with E-state index in [1.165, 1.54) is 28.3 Å². The number of aliphatic imine (C=N–C) groups is 1. The minimum atomic E-state index is -0.341. The van der Waals surface area contributed by atoms with Crippen LogP contribution in [0.15, 0.2) is 65.7 Å². The molecule has 5 heteroatoms. The van der Waals surface area contributed by atoms with Gasteiger partial charge in [-0.1, -0.05) is 48.0 Å². The number of nitrogens with zero attached hydrogens (tertiary/aromatic N) is 2. The molecule has 0 radical (unpaired) electrons. The number of likely N-dealkylation sites (N-methyl/N-ethyl adjacent to an activating group) is 1. The van der Waals surface area contributed by atoms with Gasteiger partial charge in [-0.3, -0.25) is 0 Å². The zero-order valence-corrected chi connectivity index (χ0v) is 18.1. The third-order valence-corrected chi connectivity index (χ3v) is 7.84. The molecule has 0 saturated carbocycles. The van der Waals surface area contributed by atoms with Gasteiger partial charge in [-0.15, -0.1) is 0 Å². The summed E-state index contributed by atoms with van der Waals surface area (Å²) >= 11 is 6.15. The molecule has 2 aliphatic carbocycles. The highest BCUT2D eigenvalue weighted by atomic mass is 35.5. The van der Waals surface area contributed by atoms with Crippen LogP contribution in [0, 0.1) is 5.82 Å². The van der Waals surface area contributed by atoms with Crippen LogP contribution in [-0.2, 0) is 24.8 Å². The van der Waals surface area contributed by atoms with Crippen LogP contribution < -0.4 is 5.73 Å². The lowest BCUT2D eigenvalue weighted by molar-refractivity contribution is 0.130. The summed E-state index contributed by atoms with van der Waals surface area (Å²) in [6.45, 7) is 0. The number of aryl methyl sites for hydroxylation is 1. The lowest BCUT2D eigenvalue weighted by atomic mass is 9.73. The molecule has 0 fully saturated rings. The molecule has 0 saturated heterocycles. The minimum Gasteiger partial charge on any atom is -0.370 e. The first-order valence-corrected chi connectivity index (χ1v) is 11.1. The summed E-state index contributed by atoms with van der Waals surface area (Å²) < 4.78 is 14.1. The molecule has 2 N–H and O–H groups in total. The average Bonchev–Trinajstić information content (AvgIpc) is 3.05. The van der Waals surface area contributed by atoms with Gasteiger partial charge in [-0.2, -0.15) is 0 Å². The third-order valence-electron chi connectivity index (χ3n) is 7.62. The van der Waals surface area contributed by atoms with Crippen LogP contribution in [-0.4, -0.2) is 23.4 Å². The number of benzene rings is 3. The maximum atomic E-state index is 14.1. The van der Waals surface area contributed by atoms with Gasteiger partial charge in [0.2, 0.25) is 0 Å². The number of fused-ring (bicyclic) bond motifs is 2. The van der Waals surface area contributed by atoms with Gasteiger partial charge >= 0.3 is 0 Å². The van der Waals surface area contributed by atoms with Gasteiger partial charge < -0.3 is 10.6 Å². The van der Waals surface area contributed by atoms with E-state index in [0.717, 1.165) is 36.8 Å². The monoisotopic (exact) mass is 431 g/mol. The van der Waals surface area contributed by atoms with E-state index >= 15 is 0 Å². The Morgan fingerprint density at radius 2 is 1.77 bits per heavy atom. The summed E-state index contributed by atoms with van der Waals surface area (Å²) in [5.41, 5.74) is 12.9. The maximum absolute atomic E-state index is 14.1. The third kappa shape index (κ3) is 2.48. The van der Waals surface area contributed by atoms with Crippen LogP contribution in [0.4, 0.5) is 4.39 Å². The van der Waals surface area contributed by atoms with Gasteiger partial charge in [-0.25, -0.2) is 9.38 Å². The molecule has 0 spiro atoms. The van der Waals surface area contributed by atoms with Crippen molar-refractivity contribution in [2.24, 2.45) is 10.7 Å². The Bertz CT molecular complexity index is 1250. The van der Waals surface area contributed by atoms with Crippen LogP contribution >= 0.6 is 11.6 Å². The number of hydrogen-bond acceptors (Lipinski definition) is 3. The molecule has 1 aliphatic heterocycles. The summed E-state index contributed by atoms with van der Waals surface area (Å²) in [7, 11) is 2.06. The summed E-state index contributed by atoms with van der Waals surface area (Å²) in [5.74, 6) is 0.272. The van der Waals surface area contributed by atoms with Crippen molar-refractivity contribution >= 4 is 17.6 Å². The Hall–Kier alpha value is -2.85. The number of nitrogens with two attached hydrogens (primary N) is 1. The van der Waals surface area contributed by atoms with Crippen LogP contribution in [0.5, 0.6) is 0 Å². The van der Waals surface area contributed by atoms with E-state index < -0.39 is 0 Å². The average molecular weight is 432 g/mol. The highest BCUT2D eigenvalue weighted by Crippen LogP contribution is 2.58. The van der Waals surface area contributed by atoms with E-state index in [1.54, 1.807) is 6.07 Å². The Kier molecular flexibility index (Phi) is 3.86. The second-order valence-corrected chi connectivity index (χ2v) is 9.51. The second kappa shape index (κ2) is 6.33. The second-order valence-electron chi connectivity index (χ2n) is 9.07. The van der Waals surface area contributed by atoms with Gasteiger partial charge in [0.25, 0.3) is 0 Å². The Labute approximate surface area is 186 Å². The summed E-state index contributed by atoms with van der Waals surface area (Å²) in [4.78, 5) is 7.29. The van der Waals surface area contributed by atoms with Gasteiger partial charge in [0.1, 0.15) is 5.82 Å². The predicted molar refractivity (Wildman–Crippen MR) is 123 cm³/mol. The highest BCUT2D eigenvalue weighted by molar-refractivity contribution is 6.30. The van der Waals surface area contributed by atoms with Crippen molar-refractivity contribution in [3.05, 3.63) is 93.8 Å². The predicted octanol–water partition coefficient (Wildman–Crippen LogP) is 5.09. The van der Waals surface area contributed by atoms with Gasteiger partial charge in [0.05, 0.1) is 11.1 Å². The number of hydrogen-bond donors (Lipinski definition) is 1. The summed E-state index contributed by atoms with van der Waals surface area (Å²) in [5, 5.41) is 0.400. The molecule has 0 aromatic heterocycles. The largest absolute Gasteiger partial charge is 0.370 e. The fourth-order valence-corrected chi connectivity index (χ4v) is 6.38. The Balaban J connectivity index is 1.58. The van der Waals surface area contributed by atoms with Crippen molar-refractivity contribution in [1.29, 1.82) is 0 Å². The molecule has 2 unspecified atom stereocenters. The van der Waals surface area contributed by atoms with Crippen molar-refractivity contribution in [2.45, 2.75) is 36.8 Å². The molecule has 1 heterocycles. The highest BCUT2D eigenvalue weighted by Gasteiger charge is 2.64. The molecule has 31 heavy (non-hydrogen) atoms. The lowest BCUT2D eigenvalue weighted by Gasteiger charge is -2.43. The number of rotatable bonds is 1. The first-order valence-electron chi connectivity index (χ1n) is 10.7. The lowest BCUT2D eigenvalue weighted by Crippen LogP contribution is -2.55. The first kappa shape index (κ1) is 18.9. The van der Waals surface area contributed by atoms with Crippen molar-refractivity contribution in [3.63, 3.8) is 0 Å². The van der Waals surface area contributed by atoms with Crippen LogP contribution in [0.25, 0.3) is 11.1 Å². The summed E-state index contributed by atoms with van der Waals surface area (Å²) in [6.07, 6.45) is 3.66. The van der Waals surface area contributed by atoms with Crippen LogP contribution in [0.1, 0.15) is 28.7 Å². The topological polar surface area (TPSA) is 41.6 Å². The van der Waals surface area contributed by atoms with Crippen LogP contribution in [0.3, 0.4) is 0 Å². The van der Waals surface area contributed by atoms with Gasteiger partial charge in [0, 0.05) is 24.9 Å². The first-order chi connectivity index (χ1) is 14.9. The summed E-state index contributed by atoms with van der Waals surface area (Å²) in [6, 6.07) is 19.9. The molecule has 3 aromatic rings.